The third kappa shape index (κ3) is 3.95. The van der Waals surface area contributed by atoms with Gasteiger partial charge in [-0.3, -0.25) is 0 Å². The molecule has 3 nitrogen and oxygen atoms in total. The van der Waals surface area contributed by atoms with Gasteiger partial charge in [-0.05, 0) is 36.8 Å². The average Bonchev–Trinajstić information content (AvgIpc) is 2.39. The predicted octanol–water partition coefficient (Wildman–Crippen LogP) is 2.25. The molecule has 1 fully saturated rings. The minimum atomic E-state index is -0.215. The van der Waals surface area contributed by atoms with E-state index in [-0.39, 0.29) is 12.1 Å². The molecule has 0 aromatic heterocycles. The lowest BCUT2D eigenvalue weighted by Crippen LogP contribution is -2.48. The molecule has 2 rings (SSSR count). The van der Waals surface area contributed by atoms with Gasteiger partial charge in [-0.1, -0.05) is 32.0 Å². The second-order valence-electron chi connectivity index (χ2n) is 6.15. The van der Waals surface area contributed by atoms with Crippen molar-refractivity contribution in [3.63, 3.8) is 0 Å². The van der Waals surface area contributed by atoms with Gasteiger partial charge in [0.15, 0.2) is 0 Å². The monoisotopic (exact) mass is 262 g/mol. The summed E-state index contributed by atoms with van der Waals surface area (Å²) in [5, 5.41) is 10.1. The van der Waals surface area contributed by atoms with Gasteiger partial charge in [0.05, 0.1) is 6.10 Å². The SMILES string of the molecule is CC(C)C(O)CC1CC(N)CN(c2ccccc2)C1. The number of para-hydroxylation sites is 1. The van der Waals surface area contributed by atoms with Crippen molar-refractivity contribution in [2.24, 2.45) is 17.6 Å². The summed E-state index contributed by atoms with van der Waals surface area (Å²) in [6.07, 6.45) is 1.66. The smallest absolute Gasteiger partial charge is 0.0566 e. The van der Waals surface area contributed by atoms with E-state index in [1.165, 1.54) is 5.69 Å². The van der Waals surface area contributed by atoms with Crippen LogP contribution < -0.4 is 10.6 Å². The lowest BCUT2D eigenvalue weighted by molar-refractivity contribution is 0.0922. The molecule has 3 unspecified atom stereocenters. The highest BCUT2D eigenvalue weighted by atomic mass is 16.3. The van der Waals surface area contributed by atoms with E-state index >= 15 is 0 Å². The number of nitrogens with zero attached hydrogens (tertiary/aromatic N) is 1. The van der Waals surface area contributed by atoms with E-state index in [0.717, 1.165) is 25.9 Å². The molecule has 106 valence electrons. The fraction of sp³-hybridized carbons (Fsp3) is 0.625. The normalized spacial score (nSPS) is 25.6. The molecule has 0 bridgehead atoms. The van der Waals surface area contributed by atoms with Crippen LogP contribution in [0.4, 0.5) is 5.69 Å². The van der Waals surface area contributed by atoms with Crippen LogP contribution in [0, 0.1) is 11.8 Å². The second-order valence-corrected chi connectivity index (χ2v) is 6.15. The first-order chi connectivity index (χ1) is 9.06. The number of anilines is 1. The van der Waals surface area contributed by atoms with Gasteiger partial charge in [-0.15, -0.1) is 0 Å². The number of nitrogens with two attached hydrogens (primary N) is 1. The third-order valence-corrected chi connectivity index (χ3v) is 4.04. The summed E-state index contributed by atoms with van der Waals surface area (Å²) in [6.45, 7) is 6.06. The first-order valence-electron chi connectivity index (χ1n) is 7.30. The zero-order valence-electron chi connectivity index (χ0n) is 12.0. The number of rotatable bonds is 4. The van der Waals surface area contributed by atoms with Crippen LogP contribution in [0.15, 0.2) is 30.3 Å². The van der Waals surface area contributed by atoms with Crippen LogP contribution in [0.1, 0.15) is 26.7 Å². The second kappa shape index (κ2) is 6.40. The lowest BCUT2D eigenvalue weighted by atomic mass is 9.87. The highest BCUT2D eigenvalue weighted by Crippen LogP contribution is 2.26. The van der Waals surface area contributed by atoms with Gasteiger partial charge in [0.2, 0.25) is 0 Å². The van der Waals surface area contributed by atoms with Crippen molar-refractivity contribution in [2.45, 2.75) is 38.8 Å². The Kier molecular flexibility index (Phi) is 4.83. The molecule has 0 spiro atoms. The molecular formula is C16H26N2O. The van der Waals surface area contributed by atoms with Gasteiger partial charge in [-0.2, -0.15) is 0 Å². The Bertz CT molecular complexity index is 380. The maximum Gasteiger partial charge on any atom is 0.0566 e. The average molecular weight is 262 g/mol. The quantitative estimate of drug-likeness (QED) is 0.875. The Hall–Kier alpha value is -1.06. The van der Waals surface area contributed by atoms with Crippen LogP contribution in [0.2, 0.25) is 0 Å². The Morgan fingerprint density at radius 1 is 1.26 bits per heavy atom. The molecule has 3 atom stereocenters. The number of aliphatic hydroxyl groups excluding tert-OH is 1. The van der Waals surface area contributed by atoms with Crippen molar-refractivity contribution in [3.8, 4) is 0 Å². The molecule has 3 heteroatoms. The molecule has 1 aliphatic rings. The highest BCUT2D eigenvalue weighted by molar-refractivity contribution is 5.46. The molecule has 1 aromatic rings. The molecule has 0 radical (unpaired) electrons. The van der Waals surface area contributed by atoms with Crippen molar-refractivity contribution in [2.75, 3.05) is 18.0 Å². The zero-order chi connectivity index (χ0) is 13.8. The molecule has 1 aromatic carbocycles. The van der Waals surface area contributed by atoms with Crippen molar-refractivity contribution >= 4 is 5.69 Å². The molecule has 19 heavy (non-hydrogen) atoms. The minimum Gasteiger partial charge on any atom is -0.393 e. The standard InChI is InChI=1S/C16H26N2O/c1-12(2)16(19)9-13-8-14(17)11-18(10-13)15-6-4-3-5-7-15/h3-7,12-14,16,19H,8-11,17H2,1-2H3. The van der Waals surface area contributed by atoms with Crippen LogP contribution in [0.25, 0.3) is 0 Å². The number of hydrogen-bond acceptors (Lipinski definition) is 3. The molecule has 1 aliphatic heterocycles. The minimum absolute atomic E-state index is 0.207. The van der Waals surface area contributed by atoms with Gasteiger partial charge in [0, 0.05) is 24.8 Å². The summed E-state index contributed by atoms with van der Waals surface area (Å²) in [5.41, 5.74) is 7.42. The van der Waals surface area contributed by atoms with E-state index in [1.54, 1.807) is 0 Å². The Labute approximate surface area is 116 Å². The molecule has 1 heterocycles. The van der Waals surface area contributed by atoms with E-state index in [1.807, 2.05) is 6.07 Å². The van der Waals surface area contributed by atoms with Crippen LogP contribution in [0.5, 0.6) is 0 Å². The van der Waals surface area contributed by atoms with E-state index < -0.39 is 0 Å². The van der Waals surface area contributed by atoms with Gasteiger partial charge in [0.25, 0.3) is 0 Å². The maximum absolute atomic E-state index is 10.1. The third-order valence-electron chi connectivity index (χ3n) is 4.04. The highest BCUT2D eigenvalue weighted by Gasteiger charge is 2.27. The largest absolute Gasteiger partial charge is 0.393 e. The number of hydrogen-bond donors (Lipinski definition) is 2. The lowest BCUT2D eigenvalue weighted by Gasteiger charge is -2.39. The molecule has 3 N–H and O–H groups in total. The van der Waals surface area contributed by atoms with E-state index in [9.17, 15) is 5.11 Å². The predicted molar refractivity (Wildman–Crippen MR) is 80.2 cm³/mol. The van der Waals surface area contributed by atoms with Crippen LogP contribution in [-0.4, -0.2) is 30.3 Å². The summed E-state index contributed by atoms with van der Waals surface area (Å²) < 4.78 is 0. The van der Waals surface area contributed by atoms with Gasteiger partial charge in [-0.25, -0.2) is 0 Å². The van der Waals surface area contributed by atoms with E-state index in [2.05, 4.69) is 43.0 Å². The molecule has 1 saturated heterocycles. The summed E-state index contributed by atoms with van der Waals surface area (Å²) in [4.78, 5) is 2.35. The number of aliphatic hydroxyl groups is 1. The van der Waals surface area contributed by atoms with Crippen LogP contribution in [-0.2, 0) is 0 Å². The Morgan fingerprint density at radius 3 is 2.58 bits per heavy atom. The molecular weight excluding hydrogens is 236 g/mol. The molecule has 0 amide bonds. The fourth-order valence-corrected chi connectivity index (χ4v) is 2.88. The summed E-state index contributed by atoms with van der Waals surface area (Å²) in [6, 6.07) is 10.6. The topological polar surface area (TPSA) is 49.5 Å². The van der Waals surface area contributed by atoms with Crippen molar-refractivity contribution < 1.29 is 5.11 Å². The van der Waals surface area contributed by atoms with Crippen LogP contribution >= 0.6 is 0 Å². The number of piperidine rings is 1. The van der Waals surface area contributed by atoms with Gasteiger partial charge >= 0.3 is 0 Å². The van der Waals surface area contributed by atoms with Crippen molar-refractivity contribution in [1.29, 1.82) is 0 Å². The number of benzene rings is 1. The Balaban J connectivity index is 2.00. The van der Waals surface area contributed by atoms with Gasteiger partial charge < -0.3 is 15.7 Å². The van der Waals surface area contributed by atoms with Gasteiger partial charge in [0.1, 0.15) is 0 Å². The Morgan fingerprint density at radius 2 is 1.95 bits per heavy atom. The first-order valence-corrected chi connectivity index (χ1v) is 7.30. The summed E-state index contributed by atoms with van der Waals surface area (Å²) in [7, 11) is 0. The van der Waals surface area contributed by atoms with Crippen LogP contribution in [0.3, 0.4) is 0 Å². The van der Waals surface area contributed by atoms with E-state index in [0.29, 0.717) is 11.8 Å². The van der Waals surface area contributed by atoms with Crippen molar-refractivity contribution in [3.05, 3.63) is 30.3 Å². The molecule has 0 saturated carbocycles. The first kappa shape index (κ1) is 14.4. The summed E-state index contributed by atoms with van der Waals surface area (Å²) in [5.74, 6) is 0.810. The fourth-order valence-electron chi connectivity index (χ4n) is 2.88. The summed E-state index contributed by atoms with van der Waals surface area (Å²) >= 11 is 0. The molecule has 0 aliphatic carbocycles. The maximum atomic E-state index is 10.1. The van der Waals surface area contributed by atoms with E-state index in [4.69, 9.17) is 5.73 Å². The zero-order valence-corrected chi connectivity index (χ0v) is 12.0. The van der Waals surface area contributed by atoms with Crippen molar-refractivity contribution in [1.82, 2.24) is 0 Å².